The zero-order chi connectivity index (χ0) is 12.1. The van der Waals surface area contributed by atoms with E-state index in [2.05, 4.69) is 6.08 Å². The number of carbonyl (C=O) groups is 2. The van der Waals surface area contributed by atoms with E-state index in [4.69, 9.17) is 0 Å². The molecular formula is C14H21O2S+. The number of rotatable bonds is 1. The van der Waals surface area contributed by atoms with Crippen molar-refractivity contribution in [3.05, 3.63) is 12.2 Å². The monoisotopic (exact) mass is 253 g/mol. The molecule has 1 heterocycles. The highest BCUT2D eigenvalue weighted by Crippen LogP contribution is 2.24. The first-order valence-electron chi connectivity index (χ1n) is 6.65. The van der Waals surface area contributed by atoms with E-state index in [0.717, 1.165) is 12.8 Å². The predicted molar refractivity (Wildman–Crippen MR) is 72.4 cm³/mol. The molecule has 0 radical (unpaired) electrons. The number of Topliss-reactive ketones (excluding diaryl/α,β-unsaturated/α-hetero) is 1. The SMILES string of the molecule is O=C1/C=C/C([S+]2CCCC2)CCC(=O)CCC1. The maximum Gasteiger partial charge on any atom is 0.155 e. The summed E-state index contributed by atoms with van der Waals surface area (Å²) in [7, 11) is 0.433. The van der Waals surface area contributed by atoms with Crippen LogP contribution in [0.4, 0.5) is 0 Å². The van der Waals surface area contributed by atoms with Crippen LogP contribution in [0.25, 0.3) is 0 Å². The lowest BCUT2D eigenvalue weighted by molar-refractivity contribution is -0.119. The number of ketones is 2. The Morgan fingerprint density at radius 3 is 2.53 bits per heavy atom. The Morgan fingerprint density at radius 1 is 1.00 bits per heavy atom. The van der Waals surface area contributed by atoms with E-state index in [-0.39, 0.29) is 5.78 Å². The molecule has 0 saturated carbocycles. The van der Waals surface area contributed by atoms with Gasteiger partial charge in [-0.3, -0.25) is 9.59 Å². The normalized spacial score (nSPS) is 30.5. The summed E-state index contributed by atoms with van der Waals surface area (Å²) in [5.74, 6) is 3.16. The molecule has 3 heteroatoms. The predicted octanol–water partition coefficient (Wildman–Crippen LogP) is 2.43. The van der Waals surface area contributed by atoms with Crippen LogP contribution < -0.4 is 0 Å². The first-order valence-corrected chi connectivity index (χ1v) is 8.27. The quantitative estimate of drug-likeness (QED) is 0.673. The molecule has 2 nitrogen and oxygen atoms in total. The summed E-state index contributed by atoms with van der Waals surface area (Å²) in [4.78, 5) is 23.2. The van der Waals surface area contributed by atoms with Crippen LogP contribution in [-0.4, -0.2) is 28.3 Å². The molecule has 1 aliphatic heterocycles. The highest BCUT2D eigenvalue weighted by atomic mass is 32.2. The zero-order valence-corrected chi connectivity index (χ0v) is 11.1. The highest BCUT2D eigenvalue weighted by molar-refractivity contribution is 7.97. The van der Waals surface area contributed by atoms with Gasteiger partial charge in [-0.25, -0.2) is 0 Å². The molecule has 0 amide bonds. The fourth-order valence-corrected chi connectivity index (χ4v) is 5.25. The number of carbonyl (C=O) groups excluding carboxylic acids is 2. The van der Waals surface area contributed by atoms with Crippen LogP contribution in [0.1, 0.15) is 44.9 Å². The van der Waals surface area contributed by atoms with Crippen LogP contribution in [0.5, 0.6) is 0 Å². The number of hydrogen-bond donors (Lipinski definition) is 0. The van der Waals surface area contributed by atoms with Crippen LogP contribution in [0, 0.1) is 0 Å². The van der Waals surface area contributed by atoms with Crippen molar-refractivity contribution in [2.24, 2.45) is 0 Å². The van der Waals surface area contributed by atoms with E-state index in [1.165, 1.54) is 24.3 Å². The molecule has 2 aliphatic rings. The molecule has 1 unspecified atom stereocenters. The fourth-order valence-electron chi connectivity index (χ4n) is 2.54. The van der Waals surface area contributed by atoms with Crippen LogP contribution in [0.2, 0.25) is 0 Å². The van der Waals surface area contributed by atoms with Crippen molar-refractivity contribution in [3.8, 4) is 0 Å². The van der Waals surface area contributed by atoms with Gasteiger partial charge in [0, 0.05) is 25.7 Å². The van der Waals surface area contributed by atoms with Gasteiger partial charge in [0.2, 0.25) is 0 Å². The van der Waals surface area contributed by atoms with Crippen molar-refractivity contribution < 1.29 is 9.59 Å². The molecule has 17 heavy (non-hydrogen) atoms. The Hall–Kier alpha value is -0.570. The van der Waals surface area contributed by atoms with Gasteiger partial charge in [0.1, 0.15) is 22.5 Å². The van der Waals surface area contributed by atoms with Crippen LogP contribution in [-0.2, 0) is 20.5 Å². The summed E-state index contributed by atoms with van der Waals surface area (Å²) in [6.45, 7) is 0. The van der Waals surface area contributed by atoms with Gasteiger partial charge in [-0.15, -0.1) is 0 Å². The van der Waals surface area contributed by atoms with E-state index < -0.39 is 0 Å². The van der Waals surface area contributed by atoms with Gasteiger partial charge < -0.3 is 0 Å². The summed E-state index contributed by atoms with van der Waals surface area (Å²) in [6, 6.07) is 0. The molecule has 0 aromatic carbocycles. The molecule has 0 aromatic heterocycles. The summed E-state index contributed by atoms with van der Waals surface area (Å²) in [5, 5.41) is 0.489. The average molecular weight is 253 g/mol. The van der Waals surface area contributed by atoms with Gasteiger partial charge >= 0.3 is 0 Å². The summed E-state index contributed by atoms with van der Waals surface area (Å²) in [5.41, 5.74) is 0. The number of hydrogen-bond acceptors (Lipinski definition) is 2. The molecule has 0 aromatic rings. The Kier molecular flexibility index (Phi) is 4.84. The maximum atomic E-state index is 11.6. The van der Waals surface area contributed by atoms with E-state index in [1.807, 2.05) is 0 Å². The van der Waals surface area contributed by atoms with Gasteiger partial charge in [-0.2, -0.15) is 0 Å². The molecule has 1 aliphatic carbocycles. The van der Waals surface area contributed by atoms with E-state index >= 15 is 0 Å². The van der Waals surface area contributed by atoms with Crippen molar-refractivity contribution in [2.75, 3.05) is 11.5 Å². The Labute approximate surface area is 106 Å². The summed E-state index contributed by atoms with van der Waals surface area (Å²) in [6.07, 6.45) is 10.1. The zero-order valence-electron chi connectivity index (χ0n) is 10.3. The molecule has 1 atom stereocenters. The van der Waals surface area contributed by atoms with Gasteiger partial charge in [0.25, 0.3) is 0 Å². The minimum absolute atomic E-state index is 0.201. The van der Waals surface area contributed by atoms with Crippen LogP contribution >= 0.6 is 0 Å². The van der Waals surface area contributed by atoms with E-state index in [1.54, 1.807) is 6.08 Å². The van der Waals surface area contributed by atoms with Crippen molar-refractivity contribution in [1.82, 2.24) is 0 Å². The van der Waals surface area contributed by atoms with Crippen molar-refractivity contribution in [1.29, 1.82) is 0 Å². The van der Waals surface area contributed by atoms with E-state index in [9.17, 15) is 9.59 Å². The third kappa shape index (κ3) is 3.98. The Balaban J connectivity index is 2.02. The lowest BCUT2D eigenvalue weighted by Crippen LogP contribution is -2.23. The average Bonchev–Trinajstić information content (AvgIpc) is 2.82. The first-order chi connectivity index (χ1) is 8.25. The first kappa shape index (κ1) is 12.9. The molecule has 1 saturated heterocycles. The smallest absolute Gasteiger partial charge is 0.155 e. The van der Waals surface area contributed by atoms with Gasteiger partial charge in [0.05, 0.1) is 0 Å². The lowest BCUT2D eigenvalue weighted by atomic mass is 10.0. The second-order valence-electron chi connectivity index (χ2n) is 4.95. The fraction of sp³-hybridized carbons (Fsp3) is 0.714. The van der Waals surface area contributed by atoms with Gasteiger partial charge in [-0.05, 0) is 42.3 Å². The summed E-state index contributed by atoms with van der Waals surface area (Å²) >= 11 is 0. The molecule has 0 bridgehead atoms. The second-order valence-corrected chi connectivity index (χ2v) is 7.44. The van der Waals surface area contributed by atoms with Crippen molar-refractivity contribution >= 4 is 22.5 Å². The van der Waals surface area contributed by atoms with E-state index in [0.29, 0.717) is 41.2 Å². The maximum absolute atomic E-state index is 11.6. The van der Waals surface area contributed by atoms with Crippen molar-refractivity contribution in [2.45, 2.75) is 50.2 Å². The Morgan fingerprint density at radius 2 is 1.76 bits per heavy atom. The Bertz CT molecular complexity index is 316. The highest BCUT2D eigenvalue weighted by Gasteiger charge is 2.32. The van der Waals surface area contributed by atoms with Gasteiger partial charge in [0.15, 0.2) is 5.78 Å². The van der Waals surface area contributed by atoms with Gasteiger partial charge in [-0.1, -0.05) is 0 Å². The summed E-state index contributed by atoms with van der Waals surface area (Å²) < 4.78 is 0. The molecular weight excluding hydrogens is 232 g/mol. The molecule has 0 N–H and O–H groups in total. The largest absolute Gasteiger partial charge is 0.300 e. The number of allylic oxidation sites excluding steroid dienone is 1. The molecule has 0 spiro atoms. The molecule has 2 rings (SSSR count). The second kappa shape index (κ2) is 6.39. The standard InChI is InChI=1S/C14H21O2S/c15-12-4-3-5-13(16)7-9-14(8-6-12)17-10-1-2-11-17/h6,8,14H,1-5,7,9-11H2/q+1/b8-6+. The minimum Gasteiger partial charge on any atom is -0.300 e. The third-order valence-electron chi connectivity index (χ3n) is 3.57. The van der Waals surface area contributed by atoms with Crippen LogP contribution in [0.3, 0.4) is 0 Å². The minimum atomic E-state index is 0.201. The lowest BCUT2D eigenvalue weighted by Gasteiger charge is -2.12. The third-order valence-corrected chi connectivity index (χ3v) is 6.45. The molecule has 1 fully saturated rings. The van der Waals surface area contributed by atoms with Crippen molar-refractivity contribution in [3.63, 3.8) is 0 Å². The topological polar surface area (TPSA) is 34.1 Å². The van der Waals surface area contributed by atoms with Crippen LogP contribution in [0.15, 0.2) is 12.2 Å². The molecule has 94 valence electrons.